The fourth-order valence-corrected chi connectivity index (χ4v) is 21.4. The van der Waals surface area contributed by atoms with Crippen molar-refractivity contribution < 1.29 is 122 Å². The lowest BCUT2D eigenvalue weighted by atomic mass is 9.42. The Morgan fingerprint density at radius 2 is 0.863 bits per heavy atom. The number of benzene rings is 2. The van der Waals surface area contributed by atoms with Crippen LogP contribution in [0.3, 0.4) is 0 Å². The molecule has 3 heterocycles. The van der Waals surface area contributed by atoms with Crippen LogP contribution >= 0.6 is 0 Å². The van der Waals surface area contributed by atoms with Crippen molar-refractivity contribution in [1.29, 1.82) is 0 Å². The van der Waals surface area contributed by atoms with E-state index in [9.17, 15) is 70.2 Å². The van der Waals surface area contributed by atoms with Gasteiger partial charge in [-0.15, -0.1) is 0 Å². The molecule has 102 heavy (non-hydrogen) atoms. The molecule has 3 aliphatic heterocycles. The molecule has 0 amide bonds. The van der Waals surface area contributed by atoms with Crippen LogP contribution in [0.1, 0.15) is 192 Å². The standard InChI is InChI=1S/C49H72O17.C28H36O8/c1-25-41(52)33(57-7)21-39(60-25)65-43-27(3)62-40(23-35(43)59-9)66-42-26(2)61-38(22-34(42)58-8)63-32-15-16-45(5)30(20-32)14-17-48(55)36(45)24-37(64-44(53)29-10-12-31(51)13-11-29)46(6)47(54,28(4)50)18-19-49(46,48)56;1-16(29)26(33)12-13-28(35)25(26,3)22(36-23(32)17-4-6-19(30)7-5-17)15-21-24(2)10-9-20(31)14-18(24)8-11-27(21,28)34/h10-14,25-27,32-43,51-52,54-56H,15-24H2,1-9H3;4-8,20-22,30-31,33-35H,9-15H2,1-3H3/t25?,26?,27?,32-,33?,34?,35?,36+,37+,38?,39?,40?,41?,42?,43?,45-,46+,47+,48-,49+;20?,21-,22-,24+,25-,26-,27+,28-/m01/s1. The van der Waals surface area contributed by atoms with E-state index in [1.165, 1.54) is 62.4 Å². The molecule has 566 valence electrons. The third kappa shape index (κ3) is 12.0. The van der Waals surface area contributed by atoms with Gasteiger partial charge in [-0.3, -0.25) is 9.59 Å². The highest BCUT2D eigenvalue weighted by atomic mass is 16.7. The second-order valence-corrected chi connectivity index (χ2v) is 32.4. The summed E-state index contributed by atoms with van der Waals surface area (Å²) in [5.74, 6) is -3.72. The predicted octanol–water partition coefficient (Wildman–Crippen LogP) is 6.41. The third-order valence-electron chi connectivity index (χ3n) is 27.8. The number of hydrogen-bond donors (Lipinski definition) is 10. The summed E-state index contributed by atoms with van der Waals surface area (Å²) in [7, 11) is 4.82. The highest BCUT2D eigenvalue weighted by Gasteiger charge is 2.83. The van der Waals surface area contributed by atoms with Crippen LogP contribution in [0.5, 0.6) is 11.5 Å². The van der Waals surface area contributed by atoms with Crippen molar-refractivity contribution in [3.05, 3.63) is 83.0 Å². The molecule has 3 saturated heterocycles. The minimum atomic E-state index is -2.07. The number of Topliss-reactive ketones (excluding diaryl/α,β-unsaturated/α-hetero) is 2. The van der Waals surface area contributed by atoms with Gasteiger partial charge in [0.1, 0.15) is 75.6 Å². The van der Waals surface area contributed by atoms with Gasteiger partial charge in [0.25, 0.3) is 0 Å². The van der Waals surface area contributed by atoms with E-state index in [0.29, 0.717) is 57.8 Å². The first kappa shape index (κ1) is 76.8. The van der Waals surface area contributed by atoms with Gasteiger partial charge in [-0.1, -0.05) is 37.1 Å². The van der Waals surface area contributed by atoms with Gasteiger partial charge < -0.3 is 103 Å². The Bertz CT molecular complexity index is 3510. The van der Waals surface area contributed by atoms with Crippen molar-refractivity contribution in [1.82, 2.24) is 0 Å². The number of hydrogen-bond acceptors (Lipinski definition) is 25. The molecular weight excluding hydrogens is 1320 g/mol. The van der Waals surface area contributed by atoms with Crippen molar-refractivity contribution in [2.24, 2.45) is 33.5 Å². The van der Waals surface area contributed by atoms with E-state index in [0.717, 1.165) is 11.1 Å². The van der Waals surface area contributed by atoms with Gasteiger partial charge in [-0.25, -0.2) is 9.59 Å². The molecule has 11 aliphatic rings. The average Bonchev–Trinajstić information content (AvgIpc) is 1.40. The lowest BCUT2D eigenvalue weighted by Gasteiger charge is -2.67. The van der Waals surface area contributed by atoms with Gasteiger partial charge in [-0.2, -0.15) is 0 Å². The Hall–Kier alpha value is -4.88. The van der Waals surface area contributed by atoms with Crippen LogP contribution in [0, 0.1) is 33.5 Å². The number of phenols is 2. The summed E-state index contributed by atoms with van der Waals surface area (Å²) in [5.41, 5.74) is -13.6. The molecule has 0 spiro atoms. The number of phenolic OH excluding ortho intramolecular Hbond substituents is 2. The van der Waals surface area contributed by atoms with E-state index in [1.54, 1.807) is 42.1 Å². The van der Waals surface area contributed by atoms with Crippen molar-refractivity contribution >= 4 is 23.5 Å². The maximum atomic E-state index is 13.7. The van der Waals surface area contributed by atoms with E-state index in [1.807, 2.05) is 32.9 Å². The van der Waals surface area contributed by atoms with Crippen LogP contribution in [-0.2, 0) is 61.7 Å². The Morgan fingerprint density at radius 1 is 0.480 bits per heavy atom. The van der Waals surface area contributed by atoms with Gasteiger partial charge >= 0.3 is 11.9 Å². The zero-order valence-electron chi connectivity index (χ0n) is 60.8. The number of carbonyl (C=O) groups excluding carboxylic acids is 4. The molecule has 0 radical (unpaired) electrons. The van der Waals surface area contributed by atoms with Gasteiger partial charge in [-0.05, 0) is 198 Å². The first-order valence-corrected chi connectivity index (χ1v) is 36.5. The fourth-order valence-electron chi connectivity index (χ4n) is 21.4. The maximum absolute atomic E-state index is 13.7. The summed E-state index contributed by atoms with van der Waals surface area (Å²) in [6.45, 7) is 15.3. The minimum Gasteiger partial charge on any atom is -0.508 e. The molecular formula is C77H108O25. The Morgan fingerprint density at radius 3 is 1.27 bits per heavy atom. The number of fused-ring (bicyclic) bond motifs is 10. The number of methoxy groups -OCH3 is 3. The van der Waals surface area contributed by atoms with Gasteiger partial charge in [0.05, 0.1) is 70.8 Å². The van der Waals surface area contributed by atoms with Crippen molar-refractivity contribution in [3.8, 4) is 11.5 Å². The summed E-state index contributed by atoms with van der Waals surface area (Å²) in [4.78, 5) is 53.1. The Kier molecular flexibility index (Phi) is 20.9. The molecule has 25 heteroatoms. The summed E-state index contributed by atoms with van der Waals surface area (Å²) >= 11 is 0. The monoisotopic (exact) mass is 1430 g/mol. The van der Waals surface area contributed by atoms with E-state index in [-0.39, 0.29) is 86.2 Å². The molecule has 10 N–H and O–H groups in total. The van der Waals surface area contributed by atoms with Crippen LogP contribution in [-0.4, -0.2) is 228 Å². The molecule has 6 saturated carbocycles. The van der Waals surface area contributed by atoms with Gasteiger partial charge in [0.2, 0.25) is 0 Å². The second-order valence-electron chi connectivity index (χ2n) is 32.4. The number of aliphatic hydroxyl groups excluding tert-OH is 2. The molecule has 9 fully saturated rings. The molecule has 2 aromatic rings. The second kappa shape index (κ2) is 27.7. The number of carbonyl (C=O) groups is 4. The third-order valence-corrected chi connectivity index (χ3v) is 27.8. The molecule has 13 rings (SSSR count). The zero-order chi connectivity index (χ0) is 74.0. The number of aromatic hydroxyl groups is 2. The Balaban J connectivity index is 0.000000229. The molecule has 0 bridgehead atoms. The highest BCUT2D eigenvalue weighted by molar-refractivity contribution is 5.91. The van der Waals surface area contributed by atoms with E-state index < -0.39 is 177 Å². The molecule has 28 atom stereocenters. The number of esters is 2. The Labute approximate surface area is 596 Å². The van der Waals surface area contributed by atoms with Crippen LogP contribution in [0.25, 0.3) is 0 Å². The molecule has 25 nitrogen and oxygen atoms in total. The van der Waals surface area contributed by atoms with Gasteiger partial charge in [0, 0.05) is 52.4 Å². The summed E-state index contributed by atoms with van der Waals surface area (Å²) in [6.07, 6.45) is -0.511. The molecule has 2 aromatic carbocycles. The molecule has 8 aliphatic carbocycles. The number of aliphatic hydroxyl groups is 8. The van der Waals surface area contributed by atoms with Crippen molar-refractivity contribution in [3.63, 3.8) is 0 Å². The fraction of sp³-hybridized carbons (Fsp3) is 0.740. The van der Waals surface area contributed by atoms with Crippen LogP contribution in [0.15, 0.2) is 71.8 Å². The van der Waals surface area contributed by atoms with Crippen molar-refractivity contribution in [2.75, 3.05) is 21.3 Å². The topological polar surface area (TPSA) is 372 Å². The minimum absolute atomic E-state index is 0.00806. The first-order chi connectivity index (χ1) is 47.9. The number of rotatable bonds is 15. The predicted molar refractivity (Wildman–Crippen MR) is 362 cm³/mol. The quantitative estimate of drug-likeness (QED) is 0.0680. The summed E-state index contributed by atoms with van der Waals surface area (Å²) in [6, 6.07) is 11.2. The first-order valence-electron chi connectivity index (χ1n) is 36.5. The van der Waals surface area contributed by atoms with E-state index in [2.05, 4.69) is 6.92 Å². The van der Waals surface area contributed by atoms with Gasteiger partial charge in [0.15, 0.2) is 30.4 Å². The summed E-state index contributed by atoms with van der Waals surface area (Å²) < 4.78 is 68.1. The van der Waals surface area contributed by atoms with Crippen LogP contribution in [0.4, 0.5) is 0 Å². The zero-order valence-corrected chi connectivity index (χ0v) is 60.8. The molecule has 13 unspecified atom stereocenters. The molecule has 0 aromatic heterocycles. The SMILES string of the molecule is CC(=O)[C@]1(O)CC[C@@]2(O)[C@]1(C)[C@H](OC(=O)c1ccc(O)cc1)C[C@@H]1[C@@]3(C)CCC(O)CC3=CC[C@]12O.COC1CC(OC2C(C)OC(OC3C(C)OC(O[C@H]4CC[C@@]5(C)C(=CC[C@]6(O)[C@@H]5C[C@@H](OC(=O)c5ccc(O)cc5)[C@@]5(C)[C@]6(O)CC[C@@]5(O)C(C)=O)C4)CC3OC)CC2OC)OC(C)C1O. The highest BCUT2D eigenvalue weighted by Crippen LogP contribution is 2.73. The number of ether oxygens (including phenoxy) is 11. The van der Waals surface area contributed by atoms with E-state index >= 15 is 0 Å². The van der Waals surface area contributed by atoms with E-state index in [4.69, 9.17) is 52.1 Å². The lowest BCUT2D eigenvalue weighted by Crippen LogP contribution is -2.78. The average molecular weight is 1430 g/mol. The van der Waals surface area contributed by atoms with Crippen molar-refractivity contribution in [2.45, 2.75) is 303 Å². The number of ketones is 2. The maximum Gasteiger partial charge on any atom is 0.338 e. The smallest absolute Gasteiger partial charge is 0.338 e. The van der Waals surface area contributed by atoms with Crippen LogP contribution in [0.2, 0.25) is 0 Å². The largest absolute Gasteiger partial charge is 0.508 e. The lowest BCUT2D eigenvalue weighted by molar-refractivity contribution is -0.338. The normalized spacial score (nSPS) is 47.2. The van der Waals surface area contributed by atoms with Crippen LogP contribution < -0.4 is 0 Å². The summed E-state index contributed by atoms with van der Waals surface area (Å²) in [5, 5.41) is 115.